The standard InChI is InChI=1S/C15H20F4O2Si/c1-20-9-22-12-5-2-10(3-6-12)11-4-7-14(13(16)8-11)21-15(17,18)19/h4,7-8,10,12H,2-3,5-6,9,22H2,1H3. The molecule has 124 valence electrons. The second-order valence-corrected chi connectivity index (χ2v) is 7.88. The van der Waals surface area contributed by atoms with Crippen molar-refractivity contribution in [3.63, 3.8) is 0 Å². The van der Waals surface area contributed by atoms with Crippen molar-refractivity contribution in [2.45, 2.75) is 43.5 Å². The molecule has 1 aromatic rings. The van der Waals surface area contributed by atoms with Crippen molar-refractivity contribution in [3.05, 3.63) is 29.6 Å². The Morgan fingerprint density at radius 2 is 1.86 bits per heavy atom. The summed E-state index contributed by atoms with van der Waals surface area (Å²) in [6, 6.07) is 3.80. The number of hydrogen-bond donors (Lipinski definition) is 0. The van der Waals surface area contributed by atoms with E-state index in [2.05, 4.69) is 4.74 Å². The van der Waals surface area contributed by atoms with Gasteiger partial charge in [-0.05, 0) is 42.0 Å². The first-order valence-corrected chi connectivity index (χ1v) is 9.25. The van der Waals surface area contributed by atoms with Crippen LogP contribution < -0.4 is 4.74 Å². The van der Waals surface area contributed by atoms with Gasteiger partial charge in [0.1, 0.15) is 0 Å². The van der Waals surface area contributed by atoms with Crippen LogP contribution in [0.5, 0.6) is 5.75 Å². The summed E-state index contributed by atoms with van der Waals surface area (Å²) < 4.78 is 58.9. The Morgan fingerprint density at radius 3 is 2.41 bits per heavy atom. The lowest BCUT2D eigenvalue weighted by Gasteiger charge is -2.28. The van der Waals surface area contributed by atoms with Crippen molar-refractivity contribution in [1.29, 1.82) is 0 Å². The third-order valence-electron chi connectivity index (χ3n) is 4.23. The molecule has 0 heterocycles. The van der Waals surface area contributed by atoms with Crippen molar-refractivity contribution < 1.29 is 27.0 Å². The highest BCUT2D eigenvalue weighted by atomic mass is 28.2. The summed E-state index contributed by atoms with van der Waals surface area (Å²) in [5.74, 6) is -1.50. The topological polar surface area (TPSA) is 18.5 Å². The third kappa shape index (κ3) is 4.98. The fourth-order valence-electron chi connectivity index (χ4n) is 3.05. The van der Waals surface area contributed by atoms with Crippen molar-refractivity contribution in [2.75, 3.05) is 13.3 Å². The minimum Gasteiger partial charge on any atom is -0.403 e. The lowest BCUT2D eigenvalue weighted by atomic mass is 9.84. The minimum absolute atomic E-state index is 0.212. The lowest BCUT2D eigenvalue weighted by molar-refractivity contribution is -0.275. The van der Waals surface area contributed by atoms with Crippen LogP contribution in [0, 0.1) is 5.82 Å². The van der Waals surface area contributed by atoms with E-state index in [0.29, 0.717) is 0 Å². The number of ether oxygens (including phenoxy) is 2. The minimum atomic E-state index is -4.87. The first kappa shape index (κ1) is 17.3. The summed E-state index contributed by atoms with van der Waals surface area (Å²) in [7, 11) is 1.50. The van der Waals surface area contributed by atoms with Crippen molar-refractivity contribution in [2.24, 2.45) is 0 Å². The van der Waals surface area contributed by atoms with Crippen LogP contribution in [0.25, 0.3) is 0 Å². The normalized spacial score (nSPS) is 23.1. The zero-order valence-corrected chi connectivity index (χ0v) is 13.9. The van der Waals surface area contributed by atoms with Gasteiger partial charge in [0.2, 0.25) is 0 Å². The number of hydrogen-bond acceptors (Lipinski definition) is 2. The molecular formula is C15H20F4O2Si. The molecule has 0 amide bonds. The van der Waals surface area contributed by atoms with Gasteiger partial charge >= 0.3 is 6.36 Å². The molecule has 1 saturated carbocycles. The zero-order chi connectivity index (χ0) is 16.2. The molecular weight excluding hydrogens is 316 g/mol. The molecule has 0 saturated heterocycles. The van der Waals surface area contributed by atoms with E-state index in [9.17, 15) is 17.6 Å². The molecule has 2 rings (SSSR count). The Balaban J connectivity index is 1.95. The molecule has 0 atom stereocenters. The highest BCUT2D eigenvalue weighted by Crippen LogP contribution is 2.39. The van der Waals surface area contributed by atoms with Crippen molar-refractivity contribution in [3.8, 4) is 5.75 Å². The van der Waals surface area contributed by atoms with Crippen LogP contribution in [-0.4, -0.2) is 29.2 Å². The molecule has 1 fully saturated rings. The van der Waals surface area contributed by atoms with Gasteiger partial charge in [-0.25, -0.2) is 4.39 Å². The van der Waals surface area contributed by atoms with E-state index in [0.717, 1.165) is 49.1 Å². The van der Waals surface area contributed by atoms with Crippen LogP contribution in [0.4, 0.5) is 17.6 Å². The maximum absolute atomic E-state index is 13.7. The fourth-order valence-corrected chi connectivity index (χ4v) is 4.67. The molecule has 0 bridgehead atoms. The number of rotatable bonds is 5. The van der Waals surface area contributed by atoms with E-state index < -0.39 is 17.9 Å². The van der Waals surface area contributed by atoms with Crippen LogP contribution in [0.15, 0.2) is 18.2 Å². The number of methoxy groups -OCH3 is 1. The summed E-state index contributed by atoms with van der Waals surface area (Å²) in [6.07, 6.45) is 0.131. The first-order valence-electron chi connectivity index (χ1n) is 7.43. The maximum Gasteiger partial charge on any atom is 0.573 e. The van der Waals surface area contributed by atoms with Gasteiger partial charge in [-0.3, -0.25) is 0 Å². The molecule has 1 aliphatic carbocycles. The third-order valence-corrected chi connectivity index (χ3v) is 6.51. The molecule has 2 nitrogen and oxygen atoms in total. The van der Waals surface area contributed by atoms with Gasteiger partial charge in [0.15, 0.2) is 11.6 Å². The number of halogens is 4. The SMILES string of the molecule is COC[SiH2]C1CCC(c2ccc(OC(F)(F)F)c(F)c2)CC1. The van der Waals surface area contributed by atoms with Crippen LogP contribution in [0.2, 0.25) is 5.54 Å². The van der Waals surface area contributed by atoms with Gasteiger partial charge in [-0.15, -0.1) is 13.2 Å². The van der Waals surface area contributed by atoms with Crippen LogP contribution in [0.1, 0.15) is 37.2 Å². The summed E-state index contributed by atoms with van der Waals surface area (Å²) >= 11 is 0. The van der Waals surface area contributed by atoms with Crippen molar-refractivity contribution >= 4 is 9.52 Å². The molecule has 0 radical (unpaired) electrons. The van der Waals surface area contributed by atoms with Gasteiger partial charge < -0.3 is 9.47 Å². The average Bonchev–Trinajstić information content (AvgIpc) is 2.46. The molecule has 0 aliphatic heterocycles. The van der Waals surface area contributed by atoms with Crippen LogP contribution >= 0.6 is 0 Å². The number of benzene rings is 1. The Morgan fingerprint density at radius 1 is 1.18 bits per heavy atom. The Labute approximate surface area is 129 Å². The largest absolute Gasteiger partial charge is 0.573 e. The summed E-state index contributed by atoms with van der Waals surface area (Å²) in [6.45, 7) is 0. The van der Waals surface area contributed by atoms with Gasteiger partial charge in [0.05, 0.1) is 9.52 Å². The second kappa shape index (κ2) is 7.46. The Hall–Kier alpha value is -1.08. The quantitative estimate of drug-likeness (QED) is 0.599. The molecule has 0 aromatic heterocycles. The van der Waals surface area contributed by atoms with Gasteiger partial charge in [0.25, 0.3) is 0 Å². The molecule has 1 aromatic carbocycles. The number of alkyl halides is 3. The summed E-state index contributed by atoms with van der Waals surface area (Å²) in [5.41, 5.74) is 1.52. The monoisotopic (exact) mass is 336 g/mol. The predicted molar refractivity (Wildman–Crippen MR) is 78.5 cm³/mol. The Kier molecular flexibility index (Phi) is 5.85. The predicted octanol–water partition coefficient (Wildman–Crippen LogP) is 3.94. The maximum atomic E-state index is 13.7. The van der Waals surface area contributed by atoms with E-state index in [1.54, 1.807) is 13.2 Å². The van der Waals surface area contributed by atoms with Crippen LogP contribution in [0.3, 0.4) is 0 Å². The van der Waals surface area contributed by atoms with Gasteiger partial charge in [-0.2, -0.15) is 0 Å². The highest BCUT2D eigenvalue weighted by molar-refractivity contribution is 6.37. The highest BCUT2D eigenvalue weighted by Gasteiger charge is 2.32. The molecule has 7 heteroatoms. The summed E-state index contributed by atoms with van der Waals surface area (Å²) in [5, 5.41) is 0. The molecule has 0 N–H and O–H groups in total. The molecule has 1 aliphatic rings. The fraction of sp³-hybridized carbons (Fsp3) is 0.600. The average molecular weight is 336 g/mol. The van der Waals surface area contributed by atoms with Crippen LogP contribution in [-0.2, 0) is 4.74 Å². The molecule has 0 spiro atoms. The van der Waals surface area contributed by atoms with E-state index in [4.69, 9.17) is 4.74 Å². The first-order chi connectivity index (χ1) is 10.4. The Bertz CT molecular complexity index is 485. The van der Waals surface area contributed by atoms with E-state index in [1.165, 1.54) is 6.07 Å². The molecule has 0 unspecified atom stereocenters. The van der Waals surface area contributed by atoms with E-state index in [1.807, 2.05) is 0 Å². The van der Waals surface area contributed by atoms with E-state index >= 15 is 0 Å². The van der Waals surface area contributed by atoms with E-state index in [-0.39, 0.29) is 15.4 Å². The summed E-state index contributed by atoms with van der Waals surface area (Å²) in [4.78, 5) is 0. The van der Waals surface area contributed by atoms with Gasteiger partial charge in [-0.1, -0.05) is 18.9 Å². The van der Waals surface area contributed by atoms with Gasteiger partial charge in [0, 0.05) is 13.3 Å². The van der Waals surface area contributed by atoms with Crippen molar-refractivity contribution in [1.82, 2.24) is 0 Å². The lowest BCUT2D eigenvalue weighted by Crippen LogP contribution is -2.19. The smallest absolute Gasteiger partial charge is 0.403 e. The zero-order valence-electron chi connectivity index (χ0n) is 12.5. The second-order valence-electron chi connectivity index (χ2n) is 5.74. The molecule has 22 heavy (non-hydrogen) atoms.